The van der Waals surface area contributed by atoms with Gasteiger partial charge in [-0.25, -0.2) is 0 Å². The fourth-order valence-electron chi connectivity index (χ4n) is 0.617. The zero-order valence-electron chi connectivity index (χ0n) is 10.1. The SMILES string of the molecule is NC(CCC(=O)O)C(=O)O.NCCSSCCN. The van der Waals surface area contributed by atoms with Crippen molar-refractivity contribution in [3.05, 3.63) is 0 Å². The number of nitrogens with two attached hydrogens (primary N) is 3. The smallest absolute Gasteiger partial charge is 0.320 e. The molecule has 0 aliphatic carbocycles. The summed E-state index contributed by atoms with van der Waals surface area (Å²) in [6.45, 7) is 1.53. The minimum Gasteiger partial charge on any atom is -0.481 e. The normalized spacial score (nSPS) is 11.3. The topological polar surface area (TPSA) is 153 Å². The van der Waals surface area contributed by atoms with Crippen LogP contribution in [0, 0.1) is 0 Å². The van der Waals surface area contributed by atoms with Crippen LogP contribution in [0.2, 0.25) is 0 Å². The second kappa shape index (κ2) is 14.6. The van der Waals surface area contributed by atoms with Crippen molar-refractivity contribution in [1.82, 2.24) is 0 Å². The van der Waals surface area contributed by atoms with Gasteiger partial charge < -0.3 is 27.4 Å². The van der Waals surface area contributed by atoms with E-state index < -0.39 is 18.0 Å². The van der Waals surface area contributed by atoms with Gasteiger partial charge in [0.2, 0.25) is 0 Å². The second-order valence-electron chi connectivity index (χ2n) is 3.10. The van der Waals surface area contributed by atoms with Gasteiger partial charge in [-0.1, -0.05) is 21.6 Å². The van der Waals surface area contributed by atoms with E-state index in [1.165, 1.54) is 0 Å². The van der Waals surface area contributed by atoms with Gasteiger partial charge in [-0.2, -0.15) is 0 Å². The highest BCUT2D eigenvalue weighted by molar-refractivity contribution is 8.76. The van der Waals surface area contributed by atoms with Crippen molar-refractivity contribution in [1.29, 1.82) is 0 Å². The second-order valence-corrected chi connectivity index (χ2v) is 5.80. The summed E-state index contributed by atoms with van der Waals surface area (Å²) in [6, 6.07) is -1.06. The number of carboxylic acids is 2. The van der Waals surface area contributed by atoms with E-state index in [1.807, 2.05) is 0 Å². The Kier molecular flexibility index (Phi) is 16.1. The molecular formula is C9H21N3O4S2. The summed E-state index contributed by atoms with van der Waals surface area (Å²) < 4.78 is 0. The highest BCUT2D eigenvalue weighted by Gasteiger charge is 2.12. The molecule has 0 aromatic carbocycles. The van der Waals surface area contributed by atoms with Crippen LogP contribution in [-0.2, 0) is 9.59 Å². The molecule has 0 heterocycles. The lowest BCUT2D eigenvalue weighted by Gasteiger charge is -2.01. The first-order chi connectivity index (χ1) is 8.45. The Hall–Kier alpha value is -0.480. The van der Waals surface area contributed by atoms with Crippen LogP contribution in [-0.4, -0.2) is 52.8 Å². The van der Waals surface area contributed by atoms with E-state index in [0.29, 0.717) is 0 Å². The summed E-state index contributed by atoms with van der Waals surface area (Å²) in [5.41, 5.74) is 15.5. The average molecular weight is 299 g/mol. The third-order valence-electron chi connectivity index (χ3n) is 1.47. The van der Waals surface area contributed by atoms with Gasteiger partial charge in [0.1, 0.15) is 6.04 Å². The molecule has 0 aliphatic rings. The van der Waals surface area contributed by atoms with Crippen molar-refractivity contribution < 1.29 is 19.8 Å². The fourth-order valence-corrected chi connectivity index (χ4v) is 2.33. The van der Waals surface area contributed by atoms with Crippen LogP contribution in [0.4, 0.5) is 0 Å². The van der Waals surface area contributed by atoms with Gasteiger partial charge in [0.25, 0.3) is 0 Å². The van der Waals surface area contributed by atoms with Crippen LogP contribution in [0.25, 0.3) is 0 Å². The van der Waals surface area contributed by atoms with Crippen molar-refractivity contribution >= 4 is 33.5 Å². The number of carboxylic acid groups (broad SMARTS) is 2. The average Bonchev–Trinajstić information content (AvgIpc) is 2.32. The largest absolute Gasteiger partial charge is 0.481 e. The molecule has 1 atom stereocenters. The lowest BCUT2D eigenvalue weighted by atomic mass is 10.2. The number of rotatable bonds is 9. The van der Waals surface area contributed by atoms with Crippen LogP contribution in [0.1, 0.15) is 12.8 Å². The zero-order chi connectivity index (χ0) is 14.4. The number of hydrogen-bond donors (Lipinski definition) is 5. The lowest BCUT2D eigenvalue weighted by Crippen LogP contribution is -2.30. The van der Waals surface area contributed by atoms with Crippen molar-refractivity contribution in [2.45, 2.75) is 18.9 Å². The maximum Gasteiger partial charge on any atom is 0.320 e. The molecular weight excluding hydrogens is 278 g/mol. The zero-order valence-corrected chi connectivity index (χ0v) is 11.7. The summed E-state index contributed by atoms with van der Waals surface area (Å²) in [6.07, 6.45) is -0.224. The van der Waals surface area contributed by atoms with Crippen molar-refractivity contribution in [2.75, 3.05) is 24.6 Å². The first-order valence-electron chi connectivity index (χ1n) is 5.30. The first-order valence-corrected chi connectivity index (χ1v) is 7.79. The highest BCUT2D eigenvalue weighted by atomic mass is 33.1. The standard InChI is InChI=1S/C5H9NO4.C4H12N2S2/c6-3(5(9)10)1-2-4(7)8;5-1-3-7-8-4-2-6/h3H,1-2,6H2,(H,7,8)(H,9,10);1-6H2. The molecule has 18 heavy (non-hydrogen) atoms. The van der Waals surface area contributed by atoms with Crippen LogP contribution in [0.5, 0.6) is 0 Å². The molecule has 0 rings (SSSR count). The highest BCUT2D eigenvalue weighted by Crippen LogP contribution is 2.18. The van der Waals surface area contributed by atoms with Gasteiger partial charge in [0.05, 0.1) is 0 Å². The maximum absolute atomic E-state index is 9.99. The molecule has 0 spiro atoms. The van der Waals surface area contributed by atoms with E-state index in [0.717, 1.165) is 24.6 Å². The Morgan fingerprint density at radius 1 is 1.06 bits per heavy atom. The molecule has 0 amide bonds. The third kappa shape index (κ3) is 17.9. The van der Waals surface area contributed by atoms with Gasteiger partial charge in [-0.15, -0.1) is 0 Å². The molecule has 0 radical (unpaired) electrons. The summed E-state index contributed by atoms with van der Waals surface area (Å²) in [5, 5.41) is 16.3. The molecule has 0 bridgehead atoms. The molecule has 0 aromatic heterocycles. The van der Waals surface area contributed by atoms with Crippen LogP contribution < -0.4 is 17.2 Å². The van der Waals surface area contributed by atoms with Crippen LogP contribution in [0.15, 0.2) is 0 Å². The molecule has 0 aromatic rings. The van der Waals surface area contributed by atoms with Gasteiger partial charge in [-0.05, 0) is 6.42 Å². The first kappa shape index (κ1) is 19.9. The van der Waals surface area contributed by atoms with Crippen LogP contribution in [0.3, 0.4) is 0 Å². The third-order valence-corrected chi connectivity index (χ3v) is 3.94. The Morgan fingerprint density at radius 2 is 1.50 bits per heavy atom. The van der Waals surface area contributed by atoms with Crippen molar-refractivity contribution in [3.63, 3.8) is 0 Å². The maximum atomic E-state index is 9.99. The van der Waals surface area contributed by atoms with Gasteiger partial charge in [-0.3, -0.25) is 9.59 Å². The monoisotopic (exact) mass is 299 g/mol. The van der Waals surface area contributed by atoms with Gasteiger partial charge in [0, 0.05) is 31.0 Å². The quantitative estimate of drug-likeness (QED) is 0.281. The number of hydrogen-bond acceptors (Lipinski definition) is 7. The van der Waals surface area contributed by atoms with Gasteiger partial charge >= 0.3 is 11.9 Å². The molecule has 0 saturated carbocycles. The Labute approximate surface area is 114 Å². The van der Waals surface area contributed by atoms with E-state index in [-0.39, 0.29) is 12.8 Å². The van der Waals surface area contributed by atoms with Crippen molar-refractivity contribution in [3.8, 4) is 0 Å². The summed E-state index contributed by atoms with van der Waals surface area (Å²) >= 11 is 0. The molecule has 0 saturated heterocycles. The summed E-state index contributed by atoms with van der Waals surface area (Å²) in [5.74, 6) is -0.132. The van der Waals surface area contributed by atoms with E-state index in [4.69, 9.17) is 27.4 Å². The summed E-state index contributed by atoms with van der Waals surface area (Å²) in [7, 11) is 3.58. The molecule has 0 aliphatic heterocycles. The number of aliphatic carboxylic acids is 2. The lowest BCUT2D eigenvalue weighted by molar-refractivity contribution is -0.139. The Bertz CT molecular complexity index is 226. The predicted octanol–water partition coefficient (Wildman–Crippen LogP) is -0.452. The molecule has 0 fully saturated rings. The molecule has 1 unspecified atom stereocenters. The predicted molar refractivity (Wildman–Crippen MR) is 75.5 cm³/mol. The van der Waals surface area contributed by atoms with E-state index >= 15 is 0 Å². The van der Waals surface area contributed by atoms with E-state index in [1.54, 1.807) is 21.6 Å². The van der Waals surface area contributed by atoms with Crippen molar-refractivity contribution in [2.24, 2.45) is 17.2 Å². The minimum atomic E-state index is -1.17. The van der Waals surface area contributed by atoms with Gasteiger partial charge in [0.15, 0.2) is 0 Å². The molecule has 7 nitrogen and oxygen atoms in total. The number of carbonyl (C=O) groups is 2. The fraction of sp³-hybridized carbons (Fsp3) is 0.778. The molecule has 108 valence electrons. The summed E-state index contributed by atoms with van der Waals surface area (Å²) in [4.78, 5) is 19.9. The molecule has 9 heteroatoms. The molecule has 8 N–H and O–H groups in total. The minimum absolute atomic E-state index is 0.0231. The van der Waals surface area contributed by atoms with Crippen LogP contribution >= 0.6 is 21.6 Å². The Morgan fingerprint density at radius 3 is 1.78 bits per heavy atom. The van der Waals surface area contributed by atoms with E-state index in [2.05, 4.69) is 0 Å². The van der Waals surface area contributed by atoms with E-state index in [9.17, 15) is 9.59 Å². The Balaban J connectivity index is 0.